The molecule has 0 aromatic heterocycles. The van der Waals surface area contributed by atoms with E-state index in [1.807, 2.05) is 6.07 Å². The first-order valence-corrected chi connectivity index (χ1v) is 7.38. The van der Waals surface area contributed by atoms with Crippen molar-refractivity contribution in [3.8, 4) is 0 Å². The van der Waals surface area contributed by atoms with E-state index in [1.165, 1.54) is 4.90 Å². The van der Waals surface area contributed by atoms with Gasteiger partial charge in [0, 0.05) is 20.1 Å². The van der Waals surface area contributed by atoms with Gasteiger partial charge in [-0.15, -0.1) is 0 Å². The van der Waals surface area contributed by atoms with Gasteiger partial charge in [0.1, 0.15) is 0 Å². The molecule has 5 heteroatoms. The maximum atomic E-state index is 12.4. The van der Waals surface area contributed by atoms with Crippen LogP contribution in [0, 0.1) is 5.92 Å². The summed E-state index contributed by atoms with van der Waals surface area (Å²) >= 11 is 0. The molecule has 0 spiro atoms. The number of carbonyl (C=O) groups excluding carboxylic acids is 2. The van der Waals surface area contributed by atoms with E-state index in [4.69, 9.17) is 5.73 Å². The molecule has 2 unspecified atom stereocenters. The quantitative estimate of drug-likeness (QED) is 0.891. The van der Waals surface area contributed by atoms with Crippen molar-refractivity contribution in [2.75, 3.05) is 19.4 Å². The molecule has 0 saturated heterocycles. The Morgan fingerprint density at radius 1 is 1.19 bits per heavy atom. The van der Waals surface area contributed by atoms with Crippen molar-refractivity contribution < 1.29 is 9.59 Å². The van der Waals surface area contributed by atoms with E-state index in [0.29, 0.717) is 11.3 Å². The molecule has 2 amide bonds. The van der Waals surface area contributed by atoms with Crippen LogP contribution in [-0.4, -0.2) is 36.9 Å². The second-order valence-corrected chi connectivity index (χ2v) is 5.79. The molecule has 0 radical (unpaired) electrons. The van der Waals surface area contributed by atoms with E-state index in [1.54, 1.807) is 32.3 Å². The van der Waals surface area contributed by atoms with E-state index in [-0.39, 0.29) is 23.8 Å². The number of nitrogens with zero attached hydrogens (tertiary/aromatic N) is 1. The van der Waals surface area contributed by atoms with Gasteiger partial charge in [-0.25, -0.2) is 0 Å². The SMILES string of the molecule is CN(C)C(=O)c1ccccc1NC(=O)C1CCCCC1N. The van der Waals surface area contributed by atoms with Crippen LogP contribution in [-0.2, 0) is 4.79 Å². The lowest BCUT2D eigenvalue weighted by Crippen LogP contribution is -2.41. The Kier molecular flexibility index (Phi) is 4.96. The smallest absolute Gasteiger partial charge is 0.255 e. The fourth-order valence-corrected chi connectivity index (χ4v) is 2.73. The molecule has 21 heavy (non-hydrogen) atoms. The first-order chi connectivity index (χ1) is 10.0. The van der Waals surface area contributed by atoms with E-state index in [2.05, 4.69) is 5.32 Å². The maximum Gasteiger partial charge on any atom is 0.255 e. The summed E-state index contributed by atoms with van der Waals surface area (Å²) in [4.78, 5) is 26.0. The predicted molar refractivity (Wildman–Crippen MR) is 83.0 cm³/mol. The molecule has 2 atom stereocenters. The molecule has 1 fully saturated rings. The fourth-order valence-electron chi connectivity index (χ4n) is 2.73. The van der Waals surface area contributed by atoms with Crippen LogP contribution in [0.25, 0.3) is 0 Å². The van der Waals surface area contributed by atoms with Gasteiger partial charge in [-0.05, 0) is 25.0 Å². The van der Waals surface area contributed by atoms with E-state index >= 15 is 0 Å². The minimum Gasteiger partial charge on any atom is -0.345 e. The molecule has 114 valence electrons. The monoisotopic (exact) mass is 289 g/mol. The van der Waals surface area contributed by atoms with Crippen molar-refractivity contribution in [3.05, 3.63) is 29.8 Å². The Morgan fingerprint density at radius 2 is 1.86 bits per heavy atom. The topological polar surface area (TPSA) is 75.4 Å². The average molecular weight is 289 g/mol. The lowest BCUT2D eigenvalue weighted by Gasteiger charge is -2.27. The minimum atomic E-state index is -0.165. The molecule has 2 rings (SSSR count). The minimum absolute atomic E-state index is 0.0822. The van der Waals surface area contributed by atoms with Crippen molar-refractivity contribution in [1.82, 2.24) is 4.90 Å². The first-order valence-electron chi connectivity index (χ1n) is 7.38. The molecule has 1 aliphatic carbocycles. The van der Waals surface area contributed by atoms with Crippen LogP contribution < -0.4 is 11.1 Å². The summed E-state index contributed by atoms with van der Waals surface area (Å²) in [6.07, 6.45) is 3.82. The Balaban J connectivity index is 2.16. The lowest BCUT2D eigenvalue weighted by molar-refractivity contribution is -0.121. The van der Waals surface area contributed by atoms with Crippen LogP contribution in [0.3, 0.4) is 0 Å². The standard InChI is InChI=1S/C16H23N3O2/c1-19(2)16(21)12-8-4-6-10-14(12)18-15(20)11-7-3-5-9-13(11)17/h4,6,8,10-11,13H,3,5,7,9,17H2,1-2H3,(H,18,20). The van der Waals surface area contributed by atoms with Crippen LogP contribution in [0.2, 0.25) is 0 Å². The summed E-state index contributed by atoms with van der Waals surface area (Å²) in [7, 11) is 3.38. The van der Waals surface area contributed by atoms with E-state index in [0.717, 1.165) is 25.7 Å². The number of anilines is 1. The second kappa shape index (κ2) is 6.72. The van der Waals surface area contributed by atoms with Gasteiger partial charge < -0.3 is 16.0 Å². The molecule has 0 heterocycles. The van der Waals surface area contributed by atoms with Gasteiger partial charge in [0.25, 0.3) is 5.91 Å². The molecule has 1 saturated carbocycles. The highest BCUT2D eigenvalue weighted by molar-refractivity contribution is 6.04. The summed E-state index contributed by atoms with van der Waals surface area (Å²) < 4.78 is 0. The molecule has 5 nitrogen and oxygen atoms in total. The van der Waals surface area contributed by atoms with Crippen LogP contribution in [0.5, 0.6) is 0 Å². The van der Waals surface area contributed by atoms with Gasteiger partial charge in [-0.3, -0.25) is 9.59 Å². The van der Waals surface area contributed by atoms with E-state index < -0.39 is 0 Å². The molecule has 1 aromatic carbocycles. The number of hydrogen-bond donors (Lipinski definition) is 2. The van der Waals surface area contributed by atoms with Crippen molar-refractivity contribution in [2.24, 2.45) is 11.7 Å². The second-order valence-electron chi connectivity index (χ2n) is 5.79. The summed E-state index contributed by atoms with van der Waals surface area (Å²) in [5.41, 5.74) is 7.10. The Hall–Kier alpha value is -1.88. The molecule has 1 aromatic rings. The zero-order valence-electron chi connectivity index (χ0n) is 12.6. The molecule has 1 aliphatic rings. The zero-order valence-corrected chi connectivity index (χ0v) is 12.6. The van der Waals surface area contributed by atoms with Crippen LogP contribution >= 0.6 is 0 Å². The van der Waals surface area contributed by atoms with Crippen molar-refractivity contribution >= 4 is 17.5 Å². The number of benzene rings is 1. The number of nitrogens with two attached hydrogens (primary N) is 1. The highest BCUT2D eigenvalue weighted by Gasteiger charge is 2.29. The number of hydrogen-bond acceptors (Lipinski definition) is 3. The summed E-state index contributed by atoms with van der Waals surface area (Å²) in [6, 6.07) is 6.99. The van der Waals surface area contributed by atoms with Crippen LogP contribution in [0.1, 0.15) is 36.0 Å². The van der Waals surface area contributed by atoms with Gasteiger partial charge in [-0.1, -0.05) is 25.0 Å². The number of nitrogens with one attached hydrogen (secondary N) is 1. The fraction of sp³-hybridized carbons (Fsp3) is 0.500. The summed E-state index contributed by atoms with van der Waals surface area (Å²) in [6.45, 7) is 0. The van der Waals surface area contributed by atoms with Gasteiger partial charge in [0.15, 0.2) is 0 Å². The van der Waals surface area contributed by atoms with Gasteiger partial charge in [-0.2, -0.15) is 0 Å². The number of carbonyl (C=O) groups is 2. The number of rotatable bonds is 3. The molecule has 3 N–H and O–H groups in total. The van der Waals surface area contributed by atoms with Crippen molar-refractivity contribution in [1.29, 1.82) is 0 Å². The zero-order chi connectivity index (χ0) is 15.4. The normalized spacial score (nSPS) is 21.7. The third-order valence-corrected chi connectivity index (χ3v) is 3.98. The average Bonchev–Trinajstić information content (AvgIpc) is 2.47. The molecular weight excluding hydrogens is 266 g/mol. The Morgan fingerprint density at radius 3 is 2.52 bits per heavy atom. The molecule has 0 aliphatic heterocycles. The number of para-hydroxylation sites is 1. The summed E-state index contributed by atoms with van der Waals surface area (Å²) in [5, 5.41) is 2.88. The highest BCUT2D eigenvalue weighted by atomic mass is 16.2. The Bertz CT molecular complexity index is 528. The molecule has 0 bridgehead atoms. The molecular formula is C16H23N3O2. The Labute approximate surface area is 125 Å². The summed E-state index contributed by atoms with van der Waals surface area (Å²) in [5.74, 6) is -0.374. The highest BCUT2D eigenvalue weighted by Crippen LogP contribution is 2.25. The third-order valence-electron chi connectivity index (χ3n) is 3.98. The van der Waals surface area contributed by atoms with E-state index in [9.17, 15) is 9.59 Å². The van der Waals surface area contributed by atoms with Gasteiger partial charge in [0.2, 0.25) is 5.91 Å². The van der Waals surface area contributed by atoms with Crippen molar-refractivity contribution in [3.63, 3.8) is 0 Å². The van der Waals surface area contributed by atoms with Crippen LogP contribution in [0.15, 0.2) is 24.3 Å². The van der Waals surface area contributed by atoms with Crippen molar-refractivity contribution in [2.45, 2.75) is 31.7 Å². The largest absolute Gasteiger partial charge is 0.345 e. The number of amides is 2. The van der Waals surface area contributed by atoms with Crippen LogP contribution in [0.4, 0.5) is 5.69 Å². The third kappa shape index (κ3) is 3.61. The predicted octanol–water partition coefficient (Wildman–Crippen LogP) is 1.84. The first kappa shape index (κ1) is 15.5. The lowest BCUT2D eigenvalue weighted by atomic mass is 9.84. The van der Waals surface area contributed by atoms with Gasteiger partial charge in [0.05, 0.1) is 17.2 Å². The van der Waals surface area contributed by atoms with Gasteiger partial charge >= 0.3 is 0 Å². The maximum absolute atomic E-state index is 12.4.